The zero-order valence-electron chi connectivity index (χ0n) is 28.0. The fraction of sp³-hybridized carbons (Fsp3) is 0.278. The first-order valence-corrected chi connectivity index (χ1v) is 18.8. The molecular formula is C36H37F2KN4O6S2. The number of nitrogens with one attached hydrogen (secondary N) is 1. The van der Waals surface area contributed by atoms with Crippen LogP contribution in [0.4, 0.5) is 13.6 Å². The van der Waals surface area contributed by atoms with Crippen LogP contribution in [0.2, 0.25) is 0 Å². The molecule has 0 heterocycles. The van der Waals surface area contributed by atoms with Gasteiger partial charge in [0, 0.05) is 18.7 Å². The quantitative estimate of drug-likeness (QED) is 0.187. The molecule has 0 aliphatic heterocycles. The smallest absolute Gasteiger partial charge is 0.812 e. The summed E-state index contributed by atoms with van der Waals surface area (Å²) in [5, 5.41) is 17.6. The minimum atomic E-state index is -3.77. The number of fused-ring (bicyclic) bond motifs is 2. The second kappa shape index (κ2) is 19.0. The molecule has 5 N–H and O–H groups in total. The van der Waals surface area contributed by atoms with Crippen LogP contribution in [0, 0.1) is 23.2 Å². The van der Waals surface area contributed by atoms with Crippen molar-refractivity contribution in [2.24, 2.45) is 11.5 Å². The van der Waals surface area contributed by atoms with E-state index in [1.54, 1.807) is 30.3 Å². The van der Waals surface area contributed by atoms with Crippen molar-refractivity contribution in [3.8, 4) is 6.26 Å². The van der Waals surface area contributed by atoms with E-state index in [9.17, 15) is 30.4 Å². The van der Waals surface area contributed by atoms with Crippen molar-refractivity contribution < 1.29 is 86.9 Å². The Morgan fingerprint density at radius 2 is 1.18 bits per heavy atom. The third-order valence-corrected chi connectivity index (χ3v) is 12.2. The number of sulfone groups is 2. The SMILES string of the molecule is N#C[O-].NC(=O)NC[C@@H]1CCCc2cc(S(=O)(=O)c3cccc(F)c3)ccc21.NC[C@@H]1CCCc2cc(S(=O)(=O)c3cccc(F)c3)ccc21.[K+]. The number of benzene rings is 4. The van der Waals surface area contributed by atoms with Crippen molar-refractivity contribution in [1.82, 2.24) is 5.32 Å². The molecule has 0 radical (unpaired) electrons. The number of amides is 2. The number of primary amides is 1. The number of nitrogens with zero attached hydrogens (tertiary/aromatic N) is 1. The monoisotopic (exact) mass is 762 g/mol. The van der Waals surface area contributed by atoms with Gasteiger partial charge in [-0.1, -0.05) is 24.3 Å². The van der Waals surface area contributed by atoms with Gasteiger partial charge in [-0.3, -0.25) is 0 Å². The Kier molecular flexibility index (Phi) is 15.8. The Hall–Kier alpha value is -3.20. The summed E-state index contributed by atoms with van der Waals surface area (Å²) in [5.41, 5.74) is 15.1. The minimum Gasteiger partial charge on any atom is -0.812 e. The van der Waals surface area contributed by atoms with Gasteiger partial charge in [0.1, 0.15) is 11.6 Å². The van der Waals surface area contributed by atoms with Gasteiger partial charge in [-0.05, 0) is 134 Å². The number of halogens is 2. The van der Waals surface area contributed by atoms with Gasteiger partial charge in [0.15, 0.2) is 0 Å². The molecule has 15 heteroatoms. The van der Waals surface area contributed by atoms with Crippen molar-refractivity contribution in [3.05, 3.63) is 119 Å². The average Bonchev–Trinajstić information content (AvgIpc) is 3.10. The second-order valence-corrected chi connectivity index (χ2v) is 15.8. The largest absolute Gasteiger partial charge is 1.00 e. The van der Waals surface area contributed by atoms with Crippen molar-refractivity contribution in [3.63, 3.8) is 0 Å². The van der Waals surface area contributed by atoms with Crippen molar-refractivity contribution in [2.45, 2.75) is 69.9 Å². The van der Waals surface area contributed by atoms with Crippen LogP contribution >= 0.6 is 0 Å². The molecule has 4 aromatic rings. The third-order valence-electron chi connectivity index (χ3n) is 8.75. The van der Waals surface area contributed by atoms with Crippen LogP contribution in [0.25, 0.3) is 0 Å². The standard InChI is InChI=1S/C18H19FN2O3S.C17H18FNO2S.CHNO.K/c19-14-5-2-6-15(10-14)25(23,24)16-7-8-17-12(9-16)3-1-4-13(17)11-21-18(20)22;18-14-5-2-6-15(10-14)22(20,21)16-7-8-17-12(9-16)3-1-4-13(17)11-19;2-1-3;/h2,5-10,13H,1,3-4,11H2,(H3,20,21,22);2,5-10,13H,1,3-4,11,19H2;3H;/q;;;+1/p-1/t2*13-;;/m00../s1. The van der Waals surface area contributed by atoms with Gasteiger partial charge >= 0.3 is 57.4 Å². The summed E-state index contributed by atoms with van der Waals surface area (Å²) in [4.78, 5) is 11.2. The van der Waals surface area contributed by atoms with E-state index in [1.165, 1.54) is 36.4 Å². The van der Waals surface area contributed by atoms with Crippen molar-refractivity contribution in [2.75, 3.05) is 13.1 Å². The average molecular weight is 763 g/mol. The molecule has 2 aliphatic rings. The molecule has 0 spiro atoms. The molecule has 10 nitrogen and oxygen atoms in total. The maximum Gasteiger partial charge on any atom is 1.00 e. The van der Waals surface area contributed by atoms with E-state index in [-0.39, 0.29) is 76.9 Å². The first kappa shape index (κ1) is 42.2. The molecule has 0 saturated heterocycles. The number of carbonyl (C=O) groups excluding carboxylic acids is 1. The van der Waals surface area contributed by atoms with Crippen LogP contribution in [0.15, 0.2) is 105 Å². The maximum atomic E-state index is 13.4. The Morgan fingerprint density at radius 1 is 0.765 bits per heavy atom. The predicted molar refractivity (Wildman–Crippen MR) is 180 cm³/mol. The zero-order chi connectivity index (χ0) is 36.5. The summed E-state index contributed by atoms with van der Waals surface area (Å²) in [6.07, 6.45) is 6.00. The van der Waals surface area contributed by atoms with Crippen molar-refractivity contribution >= 4 is 25.7 Å². The van der Waals surface area contributed by atoms with Gasteiger partial charge in [-0.25, -0.2) is 35.7 Å². The van der Waals surface area contributed by atoms with E-state index in [0.717, 1.165) is 72.9 Å². The van der Waals surface area contributed by atoms with Crippen LogP contribution in [-0.2, 0) is 32.5 Å². The molecular weight excluding hydrogens is 726 g/mol. The Bertz CT molecular complexity index is 2110. The van der Waals surface area contributed by atoms with E-state index in [0.29, 0.717) is 25.3 Å². The van der Waals surface area contributed by atoms with Gasteiger partial charge in [0.2, 0.25) is 19.7 Å². The van der Waals surface area contributed by atoms with Gasteiger partial charge < -0.3 is 21.9 Å². The molecule has 0 unspecified atom stereocenters. The molecule has 6 rings (SSSR count). The summed E-state index contributed by atoms with van der Waals surface area (Å²) in [5.74, 6) is -0.726. The van der Waals surface area contributed by atoms with Gasteiger partial charge in [-0.2, -0.15) is 0 Å². The van der Waals surface area contributed by atoms with E-state index >= 15 is 0 Å². The van der Waals surface area contributed by atoms with Gasteiger partial charge in [0.25, 0.3) is 0 Å². The van der Waals surface area contributed by atoms with Crippen LogP contribution < -0.4 is 73.3 Å². The molecule has 0 aromatic heterocycles. The molecule has 0 saturated carbocycles. The van der Waals surface area contributed by atoms with Crippen LogP contribution in [0.1, 0.15) is 59.8 Å². The van der Waals surface area contributed by atoms with Gasteiger partial charge in [0.05, 0.1) is 19.6 Å². The molecule has 2 atom stereocenters. The van der Waals surface area contributed by atoms with E-state index in [1.807, 2.05) is 6.07 Å². The minimum absolute atomic E-state index is 0. The first-order valence-electron chi connectivity index (χ1n) is 15.8. The Morgan fingerprint density at radius 3 is 1.59 bits per heavy atom. The van der Waals surface area contributed by atoms with Gasteiger partial charge in [-0.15, -0.1) is 0 Å². The fourth-order valence-electron chi connectivity index (χ4n) is 6.34. The number of aryl methyl sites for hydroxylation is 2. The maximum absolute atomic E-state index is 13.4. The van der Waals surface area contributed by atoms with E-state index in [4.69, 9.17) is 21.8 Å². The molecule has 4 aromatic carbocycles. The molecule has 2 aliphatic carbocycles. The number of hydrogen-bond acceptors (Lipinski definition) is 8. The number of carbonyl (C=O) groups is 1. The molecule has 264 valence electrons. The summed E-state index contributed by atoms with van der Waals surface area (Å²) in [7, 11) is -7.46. The molecule has 0 fully saturated rings. The summed E-state index contributed by atoms with van der Waals surface area (Å²) >= 11 is 0. The number of hydrogen-bond donors (Lipinski definition) is 3. The summed E-state index contributed by atoms with van der Waals surface area (Å²) in [6, 6.07) is 19.7. The van der Waals surface area contributed by atoms with Crippen molar-refractivity contribution in [1.29, 1.82) is 5.26 Å². The zero-order valence-corrected chi connectivity index (χ0v) is 32.8. The topological polar surface area (TPSA) is 196 Å². The number of rotatable bonds is 7. The summed E-state index contributed by atoms with van der Waals surface area (Å²) < 4.78 is 77.4. The van der Waals surface area contributed by atoms with E-state index in [2.05, 4.69) is 5.32 Å². The van der Waals surface area contributed by atoms with Crippen LogP contribution in [0.5, 0.6) is 0 Å². The van der Waals surface area contributed by atoms with E-state index < -0.39 is 37.3 Å². The molecule has 0 bridgehead atoms. The first-order chi connectivity index (χ1) is 23.8. The van der Waals surface area contributed by atoms with Crippen LogP contribution in [0.3, 0.4) is 0 Å². The molecule has 51 heavy (non-hydrogen) atoms. The molecule has 2 amide bonds. The number of urea groups is 1. The summed E-state index contributed by atoms with van der Waals surface area (Å²) in [6.45, 7) is 1.00. The second-order valence-electron chi connectivity index (χ2n) is 11.9. The Labute approximate surface area is 339 Å². The Balaban J connectivity index is 0.000000253. The normalized spacial score (nSPS) is 16.2. The predicted octanol–water partition coefficient (Wildman–Crippen LogP) is 1.62. The third kappa shape index (κ3) is 10.7. The number of nitriles is 1. The fourth-order valence-corrected chi connectivity index (χ4v) is 9.02. The number of nitrogens with two attached hydrogens (primary N) is 2. The van der Waals surface area contributed by atoms with Crippen LogP contribution in [-0.4, -0.2) is 36.0 Å².